The predicted molar refractivity (Wildman–Crippen MR) is 72.3 cm³/mol. The third-order valence-electron chi connectivity index (χ3n) is 2.96. The fourth-order valence-corrected chi connectivity index (χ4v) is 2.33. The van der Waals surface area contributed by atoms with Crippen molar-refractivity contribution < 1.29 is 13.9 Å². The molecule has 94 valence electrons. The Morgan fingerprint density at radius 1 is 1.11 bits per heavy atom. The van der Waals surface area contributed by atoms with Gasteiger partial charge in [0.25, 0.3) is 11.5 Å². The maximum absolute atomic E-state index is 13.2. The Morgan fingerprint density at radius 3 is 2.47 bits per heavy atom. The summed E-state index contributed by atoms with van der Waals surface area (Å²) in [6.45, 7) is 0. The molecule has 3 rings (SSSR count). The number of benzene rings is 2. The van der Waals surface area contributed by atoms with E-state index in [1.165, 1.54) is 12.1 Å². The van der Waals surface area contributed by atoms with Crippen molar-refractivity contribution in [2.45, 2.75) is 0 Å². The van der Waals surface area contributed by atoms with Crippen LogP contribution in [0.4, 0.5) is 10.1 Å². The molecule has 0 aliphatic carbocycles. The van der Waals surface area contributed by atoms with Gasteiger partial charge in [-0.05, 0) is 36.4 Å². The lowest BCUT2D eigenvalue weighted by molar-refractivity contribution is -0.355. The van der Waals surface area contributed by atoms with E-state index in [-0.39, 0.29) is 17.0 Å². The highest BCUT2D eigenvalue weighted by atomic mass is 79.9. The Morgan fingerprint density at radius 2 is 1.79 bits per heavy atom. The van der Waals surface area contributed by atoms with E-state index in [4.69, 9.17) is 0 Å². The van der Waals surface area contributed by atoms with Crippen LogP contribution < -0.4 is 0 Å². The number of Topliss-reactive ketones (excluding diaryl/α,β-unsaturated/α-hetero) is 1. The van der Waals surface area contributed by atoms with Crippen molar-refractivity contribution in [1.82, 2.24) is 0 Å². The van der Waals surface area contributed by atoms with E-state index in [0.29, 0.717) is 10.3 Å². The van der Waals surface area contributed by atoms with Crippen LogP contribution in [0.15, 0.2) is 46.9 Å². The Labute approximate surface area is 116 Å². The molecule has 2 aromatic rings. The van der Waals surface area contributed by atoms with Gasteiger partial charge in [0.2, 0.25) is 5.69 Å². The zero-order valence-corrected chi connectivity index (χ0v) is 11.1. The van der Waals surface area contributed by atoms with Crippen LogP contribution in [0.2, 0.25) is 0 Å². The number of hydrogen-bond donors (Lipinski definition) is 0. The zero-order valence-electron chi connectivity index (χ0n) is 9.56. The molecule has 19 heavy (non-hydrogen) atoms. The standard InChI is InChI=1S/C14H7BrFNO2/c15-9-3-1-8(2-4-9)13-14(18)11-7-10(16)5-6-12(11)17(13)19/h1-7H. The second kappa shape index (κ2) is 4.28. The van der Waals surface area contributed by atoms with E-state index >= 15 is 0 Å². The van der Waals surface area contributed by atoms with Crippen LogP contribution >= 0.6 is 15.9 Å². The highest BCUT2D eigenvalue weighted by Crippen LogP contribution is 2.28. The highest BCUT2D eigenvalue weighted by molar-refractivity contribution is 9.10. The fourth-order valence-electron chi connectivity index (χ4n) is 2.06. The molecule has 1 aliphatic heterocycles. The molecule has 3 nitrogen and oxygen atoms in total. The lowest BCUT2D eigenvalue weighted by atomic mass is 10.0. The largest absolute Gasteiger partial charge is 0.618 e. The van der Waals surface area contributed by atoms with Crippen LogP contribution in [-0.4, -0.2) is 16.2 Å². The summed E-state index contributed by atoms with van der Waals surface area (Å²) in [6, 6.07) is 10.4. The number of rotatable bonds is 1. The lowest BCUT2D eigenvalue weighted by Gasteiger charge is -2.01. The molecule has 0 radical (unpaired) electrons. The Bertz CT molecular complexity index is 723. The minimum absolute atomic E-state index is 0.0214. The summed E-state index contributed by atoms with van der Waals surface area (Å²) in [5, 5.41) is 12.1. The van der Waals surface area contributed by atoms with Gasteiger partial charge in [-0.2, -0.15) is 4.74 Å². The molecule has 0 saturated heterocycles. The second-order valence-electron chi connectivity index (χ2n) is 4.14. The molecular formula is C14H7BrFNO2. The first-order chi connectivity index (χ1) is 9.08. The maximum atomic E-state index is 13.2. The monoisotopic (exact) mass is 319 g/mol. The average molecular weight is 320 g/mol. The first kappa shape index (κ1) is 12.0. The number of halogens is 2. The molecule has 2 aromatic carbocycles. The number of carbonyl (C=O) groups is 1. The summed E-state index contributed by atoms with van der Waals surface area (Å²) >= 11 is 3.29. The molecule has 5 heteroatoms. The number of hydrogen-bond acceptors (Lipinski definition) is 2. The SMILES string of the molecule is O=C1C(c2ccc(Br)cc2)=[N+]([O-])c2ccc(F)cc21. The molecule has 0 bridgehead atoms. The van der Waals surface area contributed by atoms with Crippen molar-refractivity contribution in [3.8, 4) is 0 Å². The van der Waals surface area contributed by atoms with Gasteiger partial charge in [-0.1, -0.05) is 15.9 Å². The van der Waals surface area contributed by atoms with Gasteiger partial charge in [-0.25, -0.2) is 4.39 Å². The van der Waals surface area contributed by atoms with Crippen molar-refractivity contribution in [3.63, 3.8) is 0 Å². The molecule has 0 unspecified atom stereocenters. The molecule has 0 aromatic heterocycles. The average Bonchev–Trinajstić information content (AvgIpc) is 2.63. The van der Waals surface area contributed by atoms with Gasteiger partial charge in [-0.15, -0.1) is 0 Å². The summed E-state index contributed by atoms with van der Waals surface area (Å²) in [5.74, 6) is -0.982. The van der Waals surface area contributed by atoms with Crippen LogP contribution in [0.1, 0.15) is 15.9 Å². The van der Waals surface area contributed by atoms with Gasteiger partial charge in [0.15, 0.2) is 0 Å². The van der Waals surface area contributed by atoms with E-state index < -0.39 is 11.6 Å². The molecule has 0 N–H and O–H groups in total. The molecule has 0 amide bonds. The fraction of sp³-hybridized carbons (Fsp3) is 0. The van der Waals surface area contributed by atoms with Crippen LogP contribution in [0, 0.1) is 11.0 Å². The number of fused-ring (bicyclic) bond motifs is 1. The Hall–Kier alpha value is -2.01. The molecular weight excluding hydrogens is 313 g/mol. The topological polar surface area (TPSA) is 43.1 Å². The van der Waals surface area contributed by atoms with Crippen LogP contribution in [0.3, 0.4) is 0 Å². The molecule has 1 heterocycles. The van der Waals surface area contributed by atoms with Crippen LogP contribution in [0.5, 0.6) is 0 Å². The van der Waals surface area contributed by atoms with Crippen molar-refractivity contribution in [3.05, 3.63) is 69.1 Å². The van der Waals surface area contributed by atoms with E-state index in [1.807, 2.05) is 0 Å². The summed E-state index contributed by atoms with van der Waals surface area (Å²) in [4.78, 5) is 12.2. The minimum atomic E-state index is -0.530. The van der Waals surface area contributed by atoms with E-state index in [2.05, 4.69) is 15.9 Å². The van der Waals surface area contributed by atoms with Gasteiger partial charge in [0.1, 0.15) is 11.4 Å². The third-order valence-corrected chi connectivity index (χ3v) is 3.49. The molecule has 0 fully saturated rings. The summed E-state index contributed by atoms with van der Waals surface area (Å²) in [5.41, 5.74) is 0.824. The molecule has 1 aliphatic rings. The van der Waals surface area contributed by atoms with Gasteiger partial charge in [0, 0.05) is 10.5 Å². The van der Waals surface area contributed by atoms with Gasteiger partial charge in [0.05, 0.1) is 5.56 Å². The Kier molecular flexibility index (Phi) is 2.71. The van der Waals surface area contributed by atoms with Crippen LogP contribution in [0.25, 0.3) is 0 Å². The third kappa shape index (κ3) is 1.86. The normalized spacial score (nSPS) is 13.9. The molecule has 0 spiro atoms. The molecule has 0 saturated carbocycles. The predicted octanol–water partition coefficient (Wildman–Crippen LogP) is 3.42. The summed E-state index contributed by atoms with van der Waals surface area (Å²) < 4.78 is 14.6. The molecule has 0 atom stereocenters. The van der Waals surface area contributed by atoms with E-state index in [0.717, 1.165) is 10.5 Å². The van der Waals surface area contributed by atoms with Gasteiger partial charge < -0.3 is 5.21 Å². The Balaban J connectivity index is 2.17. The van der Waals surface area contributed by atoms with Crippen molar-refractivity contribution >= 4 is 33.1 Å². The number of nitrogens with zero attached hydrogens (tertiary/aromatic N) is 1. The van der Waals surface area contributed by atoms with Crippen molar-refractivity contribution in [2.75, 3.05) is 0 Å². The van der Waals surface area contributed by atoms with Crippen LogP contribution in [-0.2, 0) is 0 Å². The van der Waals surface area contributed by atoms with Crippen molar-refractivity contribution in [1.29, 1.82) is 0 Å². The first-order valence-corrected chi connectivity index (χ1v) is 6.31. The van der Waals surface area contributed by atoms with Crippen molar-refractivity contribution in [2.24, 2.45) is 0 Å². The van der Waals surface area contributed by atoms with Gasteiger partial charge >= 0.3 is 0 Å². The first-order valence-electron chi connectivity index (χ1n) is 5.52. The van der Waals surface area contributed by atoms with Gasteiger partial charge in [-0.3, -0.25) is 4.79 Å². The number of carbonyl (C=O) groups excluding carboxylic acids is 1. The summed E-state index contributed by atoms with van der Waals surface area (Å²) in [7, 11) is 0. The van der Waals surface area contributed by atoms with E-state index in [1.54, 1.807) is 24.3 Å². The van der Waals surface area contributed by atoms with E-state index in [9.17, 15) is 14.4 Å². The summed E-state index contributed by atoms with van der Waals surface area (Å²) in [6.07, 6.45) is 0. The quantitative estimate of drug-likeness (QED) is 0.597. The maximum Gasteiger partial charge on any atom is 0.272 e. The lowest BCUT2D eigenvalue weighted by Crippen LogP contribution is -2.16. The minimum Gasteiger partial charge on any atom is -0.618 e. The second-order valence-corrected chi connectivity index (χ2v) is 5.06. The highest BCUT2D eigenvalue weighted by Gasteiger charge is 2.36. The smallest absolute Gasteiger partial charge is 0.272 e. The zero-order chi connectivity index (χ0) is 13.6. The number of ketones is 1.